The summed E-state index contributed by atoms with van der Waals surface area (Å²) in [5, 5.41) is 7.05. The summed E-state index contributed by atoms with van der Waals surface area (Å²) in [7, 11) is -3.54. The third-order valence-corrected chi connectivity index (χ3v) is 9.43. The topological polar surface area (TPSA) is 79.4 Å². The number of hydrogen-bond acceptors (Lipinski definition) is 6. The number of anilines is 1. The smallest absolute Gasteiger partial charge is 0.252 e. The second-order valence-electron chi connectivity index (χ2n) is 6.67. The van der Waals surface area contributed by atoms with Gasteiger partial charge in [-0.25, -0.2) is 13.4 Å². The lowest BCUT2D eigenvalue weighted by atomic mass is 9.99. The lowest BCUT2D eigenvalue weighted by Gasteiger charge is -2.30. The molecule has 1 aliphatic heterocycles. The highest BCUT2D eigenvalue weighted by atomic mass is 127. The molecule has 1 amide bonds. The maximum atomic E-state index is 12.8. The summed E-state index contributed by atoms with van der Waals surface area (Å²) < 4.78 is 28.4. The van der Waals surface area contributed by atoms with Gasteiger partial charge >= 0.3 is 0 Å². The number of carbonyl (C=O) groups is 1. The van der Waals surface area contributed by atoms with Crippen molar-refractivity contribution < 1.29 is 13.2 Å². The van der Waals surface area contributed by atoms with Gasteiger partial charge in [0.15, 0.2) is 5.13 Å². The van der Waals surface area contributed by atoms with Crippen LogP contribution in [0.4, 0.5) is 5.13 Å². The monoisotopic (exact) mass is 559 g/mol. The summed E-state index contributed by atoms with van der Waals surface area (Å²) in [6.07, 6.45) is 1.33. The molecular formula is C19H18IN3O3S3. The molecule has 1 fully saturated rings. The van der Waals surface area contributed by atoms with Crippen LogP contribution in [-0.4, -0.2) is 36.7 Å². The molecule has 0 saturated carbocycles. The minimum atomic E-state index is -3.54. The zero-order chi connectivity index (χ0) is 20.4. The third kappa shape index (κ3) is 4.71. The third-order valence-electron chi connectivity index (χ3n) is 4.72. The van der Waals surface area contributed by atoms with Crippen molar-refractivity contribution in [2.24, 2.45) is 5.92 Å². The molecule has 1 saturated heterocycles. The van der Waals surface area contributed by atoms with E-state index in [1.807, 2.05) is 29.6 Å². The maximum Gasteiger partial charge on any atom is 0.252 e. The number of halogens is 1. The number of piperidine rings is 1. The Morgan fingerprint density at radius 1 is 1.21 bits per heavy atom. The van der Waals surface area contributed by atoms with Gasteiger partial charge in [-0.05, 0) is 59.0 Å². The number of thiazole rings is 1. The van der Waals surface area contributed by atoms with E-state index in [0.29, 0.717) is 28.7 Å². The number of carbonyl (C=O) groups excluding carboxylic acids is 1. The number of hydrogen-bond donors (Lipinski definition) is 1. The van der Waals surface area contributed by atoms with Gasteiger partial charge in [0.05, 0.1) is 11.6 Å². The van der Waals surface area contributed by atoms with Crippen LogP contribution in [0, 0.1) is 9.49 Å². The van der Waals surface area contributed by atoms with Crippen LogP contribution in [0.3, 0.4) is 0 Å². The van der Waals surface area contributed by atoms with Gasteiger partial charge in [0.2, 0.25) is 5.91 Å². The molecule has 10 heteroatoms. The Hall–Kier alpha value is -1.34. The van der Waals surface area contributed by atoms with E-state index in [0.717, 1.165) is 14.8 Å². The fourth-order valence-corrected chi connectivity index (χ4v) is 6.95. The van der Waals surface area contributed by atoms with E-state index in [9.17, 15) is 13.2 Å². The van der Waals surface area contributed by atoms with Gasteiger partial charge in [-0.15, -0.1) is 22.7 Å². The van der Waals surface area contributed by atoms with Gasteiger partial charge in [-0.3, -0.25) is 4.79 Å². The number of nitrogens with one attached hydrogen (secondary N) is 1. The van der Waals surface area contributed by atoms with Gasteiger partial charge in [0.1, 0.15) is 4.21 Å². The second-order valence-corrected chi connectivity index (χ2v) is 11.9. The van der Waals surface area contributed by atoms with E-state index in [1.54, 1.807) is 17.5 Å². The van der Waals surface area contributed by atoms with Crippen LogP contribution in [-0.2, 0) is 14.8 Å². The van der Waals surface area contributed by atoms with E-state index in [-0.39, 0.29) is 18.4 Å². The second kappa shape index (κ2) is 8.80. The van der Waals surface area contributed by atoms with Gasteiger partial charge in [-0.1, -0.05) is 18.2 Å². The molecule has 1 unspecified atom stereocenters. The van der Waals surface area contributed by atoms with E-state index < -0.39 is 10.0 Å². The van der Waals surface area contributed by atoms with E-state index >= 15 is 0 Å². The highest BCUT2D eigenvalue weighted by Crippen LogP contribution is 2.29. The number of thiophene rings is 1. The Morgan fingerprint density at radius 2 is 2.00 bits per heavy atom. The van der Waals surface area contributed by atoms with Crippen LogP contribution in [0.1, 0.15) is 12.8 Å². The van der Waals surface area contributed by atoms with Crippen LogP contribution in [0.2, 0.25) is 0 Å². The molecule has 1 aromatic carbocycles. The van der Waals surface area contributed by atoms with Crippen molar-refractivity contribution in [2.45, 2.75) is 17.1 Å². The standard InChI is InChI=1S/C19H18IN3O3S3/c20-15-7-5-13(6-8-15)16-12-28-19(21-16)22-18(24)14-3-1-9-23(11-14)29(25,26)17-4-2-10-27-17/h2,4-8,10,12,14H,1,3,9,11H2,(H,21,22,24). The van der Waals surface area contributed by atoms with Crippen LogP contribution >= 0.6 is 45.3 Å². The van der Waals surface area contributed by atoms with Crippen molar-refractivity contribution in [3.63, 3.8) is 0 Å². The van der Waals surface area contributed by atoms with Crippen LogP contribution in [0.5, 0.6) is 0 Å². The molecule has 4 rings (SSSR count). The molecule has 0 spiro atoms. The highest BCUT2D eigenvalue weighted by molar-refractivity contribution is 14.1. The number of amides is 1. The van der Waals surface area contributed by atoms with Crippen molar-refractivity contribution >= 4 is 66.3 Å². The summed E-state index contributed by atoms with van der Waals surface area (Å²) in [5.41, 5.74) is 1.81. The average Bonchev–Trinajstić information content (AvgIpc) is 3.41. The zero-order valence-electron chi connectivity index (χ0n) is 15.2. The summed E-state index contributed by atoms with van der Waals surface area (Å²) >= 11 is 4.82. The van der Waals surface area contributed by atoms with E-state index in [2.05, 4.69) is 32.9 Å². The van der Waals surface area contributed by atoms with Crippen LogP contribution in [0.25, 0.3) is 11.3 Å². The number of sulfonamides is 1. The fraction of sp³-hybridized carbons (Fsp3) is 0.263. The van der Waals surface area contributed by atoms with Crippen molar-refractivity contribution in [1.82, 2.24) is 9.29 Å². The minimum Gasteiger partial charge on any atom is -0.302 e. The van der Waals surface area contributed by atoms with Crippen LogP contribution < -0.4 is 5.32 Å². The molecule has 1 aliphatic rings. The predicted octanol–water partition coefficient (Wildman–Crippen LogP) is 4.52. The van der Waals surface area contributed by atoms with Crippen molar-refractivity contribution in [2.75, 3.05) is 18.4 Å². The largest absolute Gasteiger partial charge is 0.302 e. The first kappa shape index (κ1) is 20.9. The molecule has 0 radical (unpaired) electrons. The van der Waals surface area contributed by atoms with Gasteiger partial charge in [0, 0.05) is 27.6 Å². The summed E-state index contributed by atoms with van der Waals surface area (Å²) in [4.78, 5) is 17.3. The number of aromatic nitrogens is 1. The lowest BCUT2D eigenvalue weighted by molar-refractivity contribution is -0.120. The van der Waals surface area contributed by atoms with Gasteiger partial charge in [0.25, 0.3) is 10.0 Å². The minimum absolute atomic E-state index is 0.181. The predicted molar refractivity (Wildman–Crippen MR) is 125 cm³/mol. The quantitative estimate of drug-likeness (QED) is 0.467. The molecule has 2 aromatic heterocycles. The SMILES string of the molecule is O=C(Nc1nc(-c2ccc(I)cc2)cs1)C1CCCN(S(=O)(=O)c2cccs2)C1. The molecule has 0 bridgehead atoms. The first-order valence-electron chi connectivity index (χ1n) is 8.99. The lowest BCUT2D eigenvalue weighted by Crippen LogP contribution is -2.43. The maximum absolute atomic E-state index is 12.8. The first-order chi connectivity index (χ1) is 13.9. The van der Waals surface area contributed by atoms with E-state index in [4.69, 9.17) is 0 Å². The van der Waals surface area contributed by atoms with Gasteiger partial charge < -0.3 is 5.32 Å². The normalized spacial score (nSPS) is 17.9. The summed E-state index contributed by atoms with van der Waals surface area (Å²) in [5.74, 6) is -0.566. The average molecular weight is 559 g/mol. The Kier molecular flexibility index (Phi) is 6.35. The molecule has 6 nitrogen and oxygen atoms in total. The fourth-order valence-electron chi connectivity index (χ4n) is 3.20. The molecule has 1 atom stereocenters. The molecule has 1 N–H and O–H groups in total. The molecule has 29 heavy (non-hydrogen) atoms. The van der Waals surface area contributed by atoms with Crippen molar-refractivity contribution in [1.29, 1.82) is 0 Å². The van der Waals surface area contributed by atoms with Gasteiger partial charge in [-0.2, -0.15) is 4.31 Å². The molecule has 152 valence electrons. The summed E-state index contributed by atoms with van der Waals surface area (Å²) in [6, 6.07) is 11.3. The summed E-state index contributed by atoms with van der Waals surface area (Å²) in [6.45, 7) is 0.639. The molecular weight excluding hydrogens is 541 g/mol. The Morgan fingerprint density at radius 3 is 2.72 bits per heavy atom. The Balaban J connectivity index is 1.43. The Labute approximate surface area is 191 Å². The van der Waals surface area contributed by atoms with Crippen molar-refractivity contribution in [3.05, 3.63) is 50.7 Å². The molecule has 3 aromatic rings. The number of nitrogens with zero attached hydrogens (tertiary/aromatic N) is 2. The highest BCUT2D eigenvalue weighted by Gasteiger charge is 2.34. The Bertz CT molecular complexity index is 1100. The van der Waals surface area contributed by atoms with E-state index in [1.165, 1.54) is 27.0 Å². The zero-order valence-corrected chi connectivity index (χ0v) is 19.9. The number of benzene rings is 1. The van der Waals surface area contributed by atoms with Crippen molar-refractivity contribution in [3.8, 4) is 11.3 Å². The first-order valence-corrected chi connectivity index (χ1v) is 13.3. The van der Waals surface area contributed by atoms with Crippen LogP contribution in [0.15, 0.2) is 51.4 Å². The molecule has 3 heterocycles. The molecule has 0 aliphatic carbocycles. The number of rotatable bonds is 5.